The van der Waals surface area contributed by atoms with Crippen LogP contribution in [0.3, 0.4) is 0 Å². The summed E-state index contributed by atoms with van der Waals surface area (Å²) in [6.45, 7) is 6.10. The molecule has 2 saturated heterocycles. The molecule has 0 radical (unpaired) electrons. The van der Waals surface area contributed by atoms with Gasteiger partial charge in [-0.1, -0.05) is 6.92 Å². The van der Waals surface area contributed by atoms with E-state index in [1.54, 1.807) is 0 Å². The van der Waals surface area contributed by atoms with Gasteiger partial charge in [0, 0.05) is 45.7 Å². The summed E-state index contributed by atoms with van der Waals surface area (Å²) < 4.78 is 25.7. The van der Waals surface area contributed by atoms with Gasteiger partial charge in [0.1, 0.15) is 0 Å². The first-order valence-electron chi connectivity index (χ1n) is 8.44. The van der Waals surface area contributed by atoms with Gasteiger partial charge in [-0.2, -0.15) is 4.31 Å². The molecule has 0 aromatic carbocycles. The number of β-amino-alcohol motifs (C(OH)–C–C–N with tert-alkyl or cyclic N) is 1. The van der Waals surface area contributed by atoms with Crippen molar-refractivity contribution in [1.82, 2.24) is 14.5 Å². The number of sulfonamides is 1. The topological polar surface area (TPSA) is 89.9 Å². The fourth-order valence-electron chi connectivity index (χ4n) is 3.51. The second-order valence-corrected chi connectivity index (χ2v) is 8.96. The van der Waals surface area contributed by atoms with Gasteiger partial charge in [0.05, 0.1) is 11.4 Å². The number of amides is 1. The van der Waals surface area contributed by atoms with E-state index in [2.05, 4.69) is 10.2 Å². The zero-order valence-corrected chi connectivity index (χ0v) is 14.9. The molecule has 0 aromatic heterocycles. The maximum Gasteiger partial charge on any atom is 0.217 e. The van der Waals surface area contributed by atoms with Crippen molar-refractivity contribution in [1.29, 1.82) is 0 Å². The molecular formula is C15H29N3O4S. The van der Waals surface area contributed by atoms with E-state index in [4.69, 9.17) is 0 Å². The lowest BCUT2D eigenvalue weighted by Gasteiger charge is -2.36. The number of hydrogen-bond acceptors (Lipinski definition) is 5. The van der Waals surface area contributed by atoms with E-state index in [1.807, 2.05) is 6.92 Å². The number of likely N-dealkylation sites (tertiary alicyclic amines) is 1. The van der Waals surface area contributed by atoms with Gasteiger partial charge < -0.3 is 15.3 Å². The number of carbonyl (C=O) groups is 1. The van der Waals surface area contributed by atoms with Crippen molar-refractivity contribution in [3.05, 3.63) is 0 Å². The van der Waals surface area contributed by atoms with Crippen LogP contribution in [0.5, 0.6) is 0 Å². The highest BCUT2D eigenvalue weighted by Gasteiger charge is 2.42. The number of hydrogen-bond donors (Lipinski definition) is 2. The molecule has 2 rings (SSSR count). The zero-order valence-electron chi connectivity index (χ0n) is 14.1. The predicted molar refractivity (Wildman–Crippen MR) is 88.5 cm³/mol. The average Bonchev–Trinajstić information content (AvgIpc) is 2.84. The van der Waals surface area contributed by atoms with Crippen LogP contribution in [0.1, 0.15) is 39.5 Å². The quantitative estimate of drug-likeness (QED) is 0.692. The van der Waals surface area contributed by atoms with E-state index < -0.39 is 15.6 Å². The van der Waals surface area contributed by atoms with Crippen LogP contribution in [-0.2, 0) is 14.8 Å². The van der Waals surface area contributed by atoms with E-state index in [1.165, 1.54) is 11.2 Å². The Bertz CT molecular complexity index is 517. The third kappa shape index (κ3) is 5.14. The molecule has 0 aromatic rings. The molecule has 1 atom stereocenters. The van der Waals surface area contributed by atoms with Crippen molar-refractivity contribution < 1.29 is 18.3 Å². The normalized spacial score (nSPS) is 28.1. The van der Waals surface area contributed by atoms with Crippen molar-refractivity contribution in [2.75, 3.05) is 38.5 Å². The van der Waals surface area contributed by atoms with E-state index in [0.717, 1.165) is 25.9 Å². The van der Waals surface area contributed by atoms with E-state index >= 15 is 0 Å². The van der Waals surface area contributed by atoms with Crippen LogP contribution in [0, 0.1) is 0 Å². The van der Waals surface area contributed by atoms with Gasteiger partial charge in [0.25, 0.3) is 0 Å². The van der Waals surface area contributed by atoms with Crippen LogP contribution < -0.4 is 5.32 Å². The Hall–Kier alpha value is -0.700. The molecule has 2 fully saturated rings. The molecule has 2 N–H and O–H groups in total. The number of aliphatic hydroxyl groups is 1. The standard InChI is InChI=1S/C15H29N3O4S/c1-3-10-23(21,22)18-9-6-15(20,12-18)11-17-7-4-14(5-8-17)16-13(2)19/h14,20H,3-12H2,1-2H3,(H,16,19)/t15-/m1/s1. The maximum absolute atomic E-state index is 12.1. The minimum atomic E-state index is -3.24. The highest BCUT2D eigenvalue weighted by atomic mass is 32.2. The third-order valence-corrected chi connectivity index (χ3v) is 6.69. The molecule has 0 bridgehead atoms. The van der Waals surface area contributed by atoms with Gasteiger partial charge >= 0.3 is 0 Å². The second-order valence-electron chi connectivity index (χ2n) is 6.87. The molecular weight excluding hydrogens is 318 g/mol. The van der Waals surface area contributed by atoms with Gasteiger partial charge in [-0.25, -0.2) is 8.42 Å². The molecule has 8 heteroatoms. The van der Waals surface area contributed by atoms with Crippen LogP contribution in [0.15, 0.2) is 0 Å². The fourth-order valence-corrected chi connectivity index (χ4v) is 5.09. The van der Waals surface area contributed by atoms with Crippen LogP contribution in [0.25, 0.3) is 0 Å². The maximum atomic E-state index is 12.1. The number of nitrogens with one attached hydrogen (secondary N) is 1. The van der Waals surface area contributed by atoms with Gasteiger partial charge in [-0.3, -0.25) is 4.79 Å². The minimum Gasteiger partial charge on any atom is -0.387 e. The summed E-state index contributed by atoms with van der Waals surface area (Å²) >= 11 is 0. The molecule has 2 aliphatic rings. The lowest BCUT2D eigenvalue weighted by atomic mass is 9.99. The molecule has 1 amide bonds. The van der Waals surface area contributed by atoms with Crippen molar-refractivity contribution in [2.24, 2.45) is 0 Å². The highest BCUT2D eigenvalue weighted by molar-refractivity contribution is 7.89. The lowest BCUT2D eigenvalue weighted by Crippen LogP contribution is -2.50. The summed E-state index contributed by atoms with van der Waals surface area (Å²) in [5.74, 6) is 0.139. The van der Waals surface area contributed by atoms with Gasteiger partial charge in [0.2, 0.25) is 15.9 Å². The largest absolute Gasteiger partial charge is 0.387 e. The summed E-state index contributed by atoms with van der Waals surface area (Å²) in [6, 6.07) is 0.211. The number of nitrogens with zero attached hydrogens (tertiary/aromatic N) is 2. The third-order valence-electron chi connectivity index (χ3n) is 4.67. The van der Waals surface area contributed by atoms with Crippen molar-refractivity contribution in [3.63, 3.8) is 0 Å². The number of piperidine rings is 1. The zero-order chi connectivity index (χ0) is 17.1. The number of carbonyl (C=O) groups excluding carboxylic acids is 1. The second kappa shape index (κ2) is 7.46. The molecule has 23 heavy (non-hydrogen) atoms. The first kappa shape index (κ1) is 18.6. The Morgan fingerprint density at radius 2 is 1.96 bits per heavy atom. The summed E-state index contributed by atoms with van der Waals surface area (Å²) in [5, 5.41) is 13.7. The van der Waals surface area contributed by atoms with Gasteiger partial charge in [-0.05, 0) is 25.7 Å². The molecule has 0 spiro atoms. The van der Waals surface area contributed by atoms with Crippen molar-refractivity contribution >= 4 is 15.9 Å². The van der Waals surface area contributed by atoms with Crippen LogP contribution >= 0.6 is 0 Å². The van der Waals surface area contributed by atoms with Crippen LogP contribution in [0.4, 0.5) is 0 Å². The number of rotatable bonds is 6. The van der Waals surface area contributed by atoms with Crippen molar-refractivity contribution in [2.45, 2.75) is 51.2 Å². The van der Waals surface area contributed by atoms with Crippen LogP contribution in [0.2, 0.25) is 0 Å². The van der Waals surface area contributed by atoms with E-state index in [-0.39, 0.29) is 24.2 Å². The first-order chi connectivity index (χ1) is 10.7. The summed E-state index contributed by atoms with van der Waals surface area (Å²) in [4.78, 5) is 13.3. The lowest BCUT2D eigenvalue weighted by molar-refractivity contribution is -0.120. The minimum absolute atomic E-state index is 0.00496. The SMILES string of the molecule is CCCS(=O)(=O)N1CC[C@@](O)(CN2CCC(NC(C)=O)CC2)C1. The molecule has 7 nitrogen and oxygen atoms in total. The Kier molecular flexibility index (Phi) is 6.05. The molecule has 2 heterocycles. The molecule has 2 aliphatic heterocycles. The van der Waals surface area contributed by atoms with Crippen LogP contribution in [-0.4, -0.2) is 78.8 Å². The molecule has 0 aliphatic carbocycles. The molecule has 134 valence electrons. The first-order valence-corrected chi connectivity index (χ1v) is 10.0. The molecule has 0 unspecified atom stereocenters. The summed E-state index contributed by atoms with van der Waals surface area (Å²) in [5.41, 5.74) is -0.957. The van der Waals surface area contributed by atoms with Crippen molar-refractivity contribution in [3.8, 4) is 0 Å². The highest BCUT2D eigenvalue weighted by Crippen LogP contribution is 2.26. The Balaban J connectivity index is 1.83. The Labute approximate surface area is 139 Å². The van der Waals surface area contributed by atoms with Gasteiger partial charge in [0.15, 0.2) is 0 Å². The summed E-state index contributed by atoms with van der Waals surface area (Å²) in [7, 11) is -3.24. The van der Waals surface area contributed by atoms with Gasteiger partial charge in [-0.15, -0.1) is 0 Å². The smallest absolute Gasteiger partial charge is 0.217 e. The predicted octanol–water partition coefficient (Wildman–Crippen LogP) is -0.236. The Morgan fingerprint density at radius 3 is 2.52 bits per heavy atom. The Morgan fingerprint density at radius 1 is 1.30 bits per heavy atom. The molecule has 0 saturated carbocycles. The van der Waals surface area contributed by atoms with E-state index in [0.29, 0.717) is 25.9 Å². The van der Waals surface area contributed by atoms with E-state index in [9.17, 15) is 18.3 Å². The monoisotopic (exact) mass is 347 g/mol. The average molecular weight is 347 g/mol. The summed E-state index contributed by atoms with van der Waals surface area (Å²) in [6.07, 6.45) is 2.82. The fraction of sp³-hybridized carbons (Fsp3) is 0.933.